The van der Waals surface area contributed by atoms with Gasteiger partial charge in [0.2, 0.25) is 0 Å². The average Bonchev–Trinajstić information content (AvgIpc) is 3.35. The molecule has 0 aliphatic heterocycles. The van der Waals surface area contributed by atoms with Crippen LogP contribution in [0.15, 0.2) is 71.4 Å². The molecule has 0 saturated heterocycles. The minimum Gasteiger partial charge on any atom is -0.480 e. The summed E-state index contributed by atoms with van der Waals surface area (Å²) in [5.41, 5.74) is 7.74. The molecule has 0 saturated carbocycles. The monoisotopic (exact) mass is 471 g/mol. The highest BCUT2D eigenvalue weighted by Gasteiger charge is 2.17. The summed E-state index contributed by atoms with van der Waals surface area (Å²) in [7, 11) is 1.69. The third-order valence-corrected chi connectivity index (χ3v) is 6.03. The van der Waals surface area contributed by atoms with Gasteiger partial charge in [0, 0.05) is 36.5 Å². The first-order chi connectivity index (χ1) is 16.9. The fourth-order valence-electron chi connectivity index (χ4n) is 4.05. The molecule has 2 heterocycles. The smallest absolute Gasteiger partial charge is 0.320 e. The Morgan fingerprint density at radius 3 is 2.51 bits per heavy atom. The van der Waals surface area contributed by atoms with Crippen LogP contribution in [0, 0.1) is 6.92 Å². The van der Waals surface area contributed by atoms with Crippen LogP contribution in [0.2, 0.25) is 0 Å². The summed E-state index contributed by atoms with van der Waals surface area (Å²) in [4.78, 5) is 15.6. The highest BCUT2D eigenvalue weighted by molar-refractivity contribution is 5.75. The molecule has 4 rings (SSSR count). The van der Waals surface area contributed by atoms with Crippen molar-refractivity contribution in [1.29, 1.82) is 0 Å². The summed E-state index contributed by atoms with van der Waals surface area (Å²) >= 11 is 0. The zero-order valence-electron chi connectivity index (χ0n) is 20.3. The highest BCUT2D eigenvalue weighted by atomic mass is 16.5. The van der Waals surface area contributed by atoms with Gasteiger partial charge in [0.15, 0.2) is 5.76 Å². The van der Waals surface area contributed by atoms with Crippen LogP contribution >= 0.6 is 0 Å². The number of ether oxygens (including phenoxy) is 1. The summed E-state index contributed by atoms with van der Waals surface area (Å²) in [5, 5.41) is 16.3. The number of aromatic nitrogens is 2. The molecule has 4 aromatic rings. The molecule has 0 amide bonds. The first-order valence-corrected chi connectivity index (χ1v) is 11.5. The van der Waals surface area contributed by atoms with Crippen LogP contribution < -0.4 is 5.32 Å². The topological polar surface area (TPSA) is 97.5 Å². The highest BCUT2D eigenvalue weighted by Crippen LogP contribution is 2.33. The average molecular weight is 472 g/mol. The van der Waals surface area contributed by atoms with E-state index >= 15 is 0 Å². The lowest BCUT2D eigenvalue weighted by Gasteiger charge is -2.16. The quantitative estimate of drug-likeness (QED) is 0.326. The zero-order valence-corrected chi connectivity index (χ0v) is 20.3. The molecule has 2 aromatic heterocycles. The van der Waals surface area contributed by atoms with E-state index in [2.05, 4.69) is 46.6 Å². The number of methoxy groups -OCH3 is 1. The second-order valence-corrected chi connectivity index (χ2v) is 8.62. The van der Waals surface area contributed by atoms with Crippen molar-refractivity contribution < 1.29 is 19.2 Å². The maximum absolute atomic E-state index is 11.1. The summed E-state index contributed by atoms with van der Waals surface area (Å²) in [6.07, 6.45) is 1.72. The number of aryl methyl sites for hydroxylation is 1. The Morgan fingerprint density at radius 1 is 1.06 bits per heavy atom. The van der Waals surface area contributed by atoms with E-state index in [1.165, 1.54) is 11.1 Å². The van der Waals surface area contributed by atoms with Gasteiger partial charge >= 0.3 is 5.97 Å². The Labute approximate surface area is 204 Å². The molecule has 0 radical (unpaired) electrons. The van der Waals surface area contributed by atoms with Gasteiger partial charge in [0.05, 0.1) is 12.3 Å². The van der Waals surface area contributed by atoms with E-state index in [4.69, 9.17) is 14.4 Å². The number of carboxylic acids is 1. The fraction of sp³-hybridized carbons (Fsp3) is 0.250. The molecule has 7 nitrogen and oxygen atoms in total. The maximum Gasteiger partial charge on any atom is 0.320 e. The number of hydrogen-bond donors (Lipinski definition) is 2. The van der Waals surface area contributed by atoms with Gasteiger partial charge in [-0.05, 0) is 61.2 Å². The first-order valence-electron chi connectivity index (χ1n) is 11.5. The van der Waals surface area contributed by atoms with Crippen LogP contribution in [-0.4, -0.2) is 34.4 Å². The molecule has 2 aromatic carbocycles. The van der Waals surface area contributed by atoms with E-state index in [1.54, 1.807) is 20.2 Å². The molecule has 2 unspecified atom stereocenters. The number of carbonyl (C=O) groups is 1. The van der Waals surface area contributed by atoms with Crippen LogP contribution in [0.4, 0.5) is 0 Å². The van der Waals surface area contributed by atoms with Crippen molar-refractivity contribution in [2.75, 3.05) is 7.11 Å². The Morgan fingerprint density at radius 2 is 1.83 bits per heavy atom. The minimum atomic E-state index is -0.899. The normalized spacial score (nSPS) is 12.9. The number of benzene rings is 2. The largest absolute Gasteiger partial charge is 0.480 e. The van der Waals surface area contributed by atoms with Gasteiger partial charge in [0.1, 0.15) is 11.7 Å². The number of hydrogen-bond acceptors (Lipinski definition) is 6. The van der Waals surface area contributed by atoms with Crippen LogP contribution in [-0.2, 0) is 16.1 Å². The van der Waals surface area contributed by atoms with Crippen LogP contribution in [0.1, 0.15) is 36.7 Å². The van der Waals surface area contributed by atoms with Gasteiger partial charge in [-0.15, -0.1) is 0 Å². The van der Waals surface area contributed by atoms with Gasteiger partial charge in [-0.2, -0.15) is 0 Å². The molecule has 0 aliphatic carbocycles. The standard InChI is InChI=1S/C28H29N3O4/c1-17-7-5-6-8-23(17)24-11-9-20(13-22(24)16-34-4)27-14-26(31-35-27)21-10-12-25(29-15-21)18(2)30-19(3)28(32)33/h5-15,18-19,30H,16H2,1-4H3,(H,32,33). The molecule has 0 bridgehead atoms. The lowest BCUT2D eigenvalue weighted by molar-refractivity contribution is -0.139. The van der Waals surface area contributed by atoms with Crippen molar-refractivity contribution in [2.45, 2.75) is 39.5 Å². The second-order valence-electron chi connectivity index (χ2n) is 8.62. The molecular weight excluding hydrogens is 442 g/mol. The number of nitrogens with zero attached hydrogens (tertiary/aromatic N) is 2. The van der Waals surface area contributed by atoms with Crippen molar-refractivity contribution in [3.05, 3.63) is 83.7 Å². The number of rotatable bonds is 9. The lowest BCUT2D eigenvalue weighted by atomic mass is 9.94. The lowest BCUT2D eigenvalue weighted by Crippen LogP contribution is -2.35. The summed E-state index contributed by atoms with van der Waals surface area (Å²) < 4.78 is 11.1. The SMILES string of the molecule is COCc1cc(-c2cc(-c3ccc(C(C)NC(C)C(=O)O)nc3)no2)ccc1-c1ccccc1C. The second kappa shape index (κ2) is 10.6. The molecule has 180 valence electrons. The first kappa shape index (κ1) is 24.3. The van der Waals surface area contributed by atoms with Crippen molar-refractivity contribution in [3.8, 4) is 33.7 Å². The Kier molecular flexibility index (Phi) is 7.39. The van der Waals surface area contributed by atoms with E-state index in [1.807, 2.05) is 43.3 Å². The molecule has 0 spiro atoms. The van der Waals surface area contributed by atoms with E-state index in [0.29, 0.717) is 18.1 Å². The Hall–Kier alpha value is -3.81. The molecule has 35 heavy (non-hydrogen) atoms. The molecular formula is C28H29N3O4. The summed E-state index contributed by atoms with van der Waals surface area (Å²) in [6.45, 7) is 6.07. The van der Waals surface area contributed by atoms with Crippen LogP contribution in [0.3, 0.4) is 0 Å². The predicted octanol–water partition coefficient (Wildman–Crippen LogP) is 5.65. The Bertz CT molecular complexity index is 1310. The predicted molar refractivity (Wildman–Crippen MR) is 135 cm³/mol. The summed E-state index contributed by atoms with van der Waals surface area (Å²) in [5.74, 6) is -0.243. The van der Waals surface area contributed by atoms with E-state index in [-0.39, 0.29) is 6.04 Å². The van der Waals surface area contributed by atoms with Crippen molar-refractivity contribution >= 4 is 5.97 Å². The van der Waals surface area contributed by atoms with Gasteiger partial charge in [0.25, 0.3) is 0 Å². The van der Waals surface area contributed by atoms with E-state index in [0.717, 1.165) is 27.9 Å². The number of pyridine rings is 1. The number of aliphatic carboxylic acids is 1. The third-order valence-electron chi connectivity index (χ3n) is 6.03. The summed E-state index contributed by atoms with van der Waals surface area (Å²) in [6, 6.07) is 19.3. The maximum atomic E-state index is 11.1. The molecule has 0 aliphatic rings. The van der Waals surface area contributed by atoms with Crippen LogP contribution in [0.5, 0.6) is 0 Å². The van der Waals surface area contributed by atoms with Gasteiger partial charge in [-0.25, -0.2) is 0 Å². The molecule has 7 heteroatoms. The van der Waals surface area contributed by atoms with Gasteiger partial charge in [-0.1, -0.05) is 41.6 Å². The molecule has 2 atom stereocenters. The Balaban J connectivity index is 1.57. The number of nitrogens with one attached hydrogen (secondary N) is 1. The van der Waals surface area contributed by atoms with Crippen LogP contribution in [0.25, 0.3) is 33.7 Å². The van der Waals surface area contributed by atoms with E-state index in [9.17, 15) is 4.79 Å². The minimum absolute atomic E-state index is 0.200. The fourth-order valence-corrected chi connectivity index (χ4v) is 4.05. The van der Waals surface area contributed by atoms with Crippen molar-refractivity contribution in [2.24, 2.45) is 0 Å². The third kappa shape index (κ3) is 5.48. The van der Waals surface area contributed by atoms with Crippen molar-refractivity contribution in [1.82, 2.24) is 15.5 Å². The zero-order chi connectivity index (χ0) is 24.9. The van der Waals surface area contributed by atoms with Gasteiger partial charge < -0.3 is 14.4 Å². The molecule has 2 N–H and O–H groups in total. The van der Waals surface area contributed by atoms with E-state index < -0.39 is 12.0 Å². The number of carboxylic acid groups (broad SMARTS) is 1. The molecule has 0 fully saturated rings. The van der Waals surface area contributed by atoms with Gasteiger partial charge in [-0.3, -0.25) is 15.1 Å². The van der Waals surface area contributed by atoms with Crippen molar-refractivity contribution in [3.63, 3.8) is 0 Å².